The lowest BCUT2D eigenvalue weighted by Gasteiger charge is -2.08. The maximum atomic E-state index is 6.00. The molecule has 94 valence electrons. The molecule has 2 aromatic rings. The lowest BCUT2D eigenvalue weighted by Crippen LogP contribution is -2.20. The Balaban J connectivity index is 1.66. The van der Waals surface area contributed by atoms with E-state index in [1.54, 1.807) is 12.4 Å². The van der Waals surface area contributed by atoms with Crippen molar-refractivity contribution < 1.29 is 4.74 Å². The molecule has 0 atom stereocenters. The summed E-state index contributed by atoms with van der Waals surface area (Å²) in [6.45, 7) is 2.12. The molecule has 1 aromatic heterocycles. The van der Waals surface area contributed by atoms with Crippen LogP contribution in [-0.2, 0) is 6.54 Å². The molecule has 0 unspecified atom stereocenters. The Morgan fingerprint density at radius 1 is 1.17 bits per heavy atom. The van der Waals surface area contributed by atoms with E-state index in [1.165, 1.54) is 0 Å². The summed E-state index contributed by atoms with van der Waals surface area (Å²) in [5.74, 6) is 0.890. The first-order chi connectivity index (χ1) is 8.86. The number of halogens is 1. The first-order valence-electron chi connectivity index (χ1n) is 5.83. The van der Waals surface area contributed by atoms with Gasteiger partial charge in [0.05, 0.1) is 5.02 Å². The van der Waals surface area contributed by atoms with Crippen LogP contribution in [0.15, 0.2) is 48.8 Å². The van der Waals surface area contributed by atoms with Gasteiger partial charge in [-0.25, -0.2) is 0 Å². The van der Waals surface area contributed by atoms with Gasteiger partial charge < -0.3 is 10.1 Å². The van der Waals surface area contributed by atoms with Crippen LogP contribution >= 0.6 is 11.6 Å². The smallest absolute Gasteiger partial charge is 0.119 e. The van der Waals surface area contributed by atoms with Crippen LogP contribution in [0.25, 0.3) is 0 Å². The summed E-state index contributed by atoms with van der Waals surface area (Å²) in [6, 6.07) is 11.7. The molecule has 0 radical (unpaired) electrons. The van der Waals surface area contributed by atoms with Gasteiger partial charge >= 0.3 is 0 Å². The third-order valence-electron chi connectivity index (χ3n) is 2.46. The monoisotopic (exact) mass is 262 g/mol. The van der Waals surface area contributed by atoms with Crippen LogP contribution in [0.4, 0.5) is 0 Å². The normalized spacial score (nSPS) is 10.3. The molecule has 2 rings (SSSR count). The third-order valence-corrected chi connectivity index (χ3v) is 2.80. The minimum absolute atomic E-state index is 0.632. The van der Waals surface area contributed by atoms with E-state index < -0.39 is 0 Å². The van der Waals surface area contributed by atoms with Crippen molar-refractivity contribution >= 4 is 11.6 Å². The summed E-state index contributed by atoms with van der Waals surface area (Å²) in [4.78, 5) is 3.94. The Labute approximate surface area is 112 Å². The Hall–Kier alpha value is -1.58. The van der Waals surface area contributed by atoms with E-state index in [2.05, 4.69) is 10.3 Å². The molecule has 0 aliphatic rings. The predicted molar refractivity (Wildman–Crippen MR) is 72.9 cm³/mol. The molecule has 0 aliphatic carbocycles. The second-order valence-electron chi connectivity index (χ2n) is 3.81. The number of pyridine rings is 1. The van der Waals surface area contributed by atoms with E-state index in [4.69, 9.17) is 16.3 Å². The first-order valence-corrected chi connectivity index (χ1v) is 6.21. The van der Waals surface area contributed by atoms with Crippen molar-refractivity contribution in [2.75, 3.05) is 13.2 Å². The van der Waals surface area contributed by atoms with Gasteiger partial charge in [0, 0.05) is 25.5 Å². The van der Waals surface area contributed by atoms with E-state index in [9.17, 15) is 0 Å². The van der Waals surface area contributed by atoms with Crippen LogP contribution in [-0.4, -0.2) is 18.1 Å². The van der Waals surface area contributed by atoms with Crippen molar-refractivity contribution in [2.45, 2.75) is 6.54 Å². The highest BCUT2D eigenvalue weighted by molar-refractivity contribution is 6.31. The quantitative estimate of drug-likeness (QED) is 0.813. The summed E-state index contributed by atoms with van der Waals surface area (Å²) < 4.78 is 5.57. The fourth-order valence-electron chi connectivity index (χ4n) is 1.53. The number of aromatic nitrogens is 1. The van der Waals surface area contributed by atoms with Crippen LogP contribution < -0.4 is 10.1 Å². The number of ether oxygens (including phenoxy) is 1. The van der Waals surface area contributed by atoms with Gasteiger partial charge in [-0.15, -0.1) is 0 Å². The maximum absolute atomic E-state index is 6.00. The molecule has 0 aliphatic heterocycles. The summed E-state index contributed by atoms with van der Waals surface area (Å²) in [5.41, 5.74) is 1.05. The lowest BCUT2D eigenvalue weighted by molar-refractivity contribution is 0.313. The largest absolute Gasteiger partial charge is 0.492 e. The minimum Gasteiger partial charge on any atom is -0.492 e. The Morgan fingerprint density at radius 3 is 2.78 bits per heavy atom. The van der Waals surface area contributed by atoms with Crippen molar-refractivity contribution in [3.63, 3.8) is 0 Å². The number of hydrogen-bond donors (Lipinski definition) is 1. The number of nitrogens with one attached hydrogen (secondary N) is 1. The fraction of sp³-hybridized carbons (Fsp3) is 0.214. The second kappa shape index (κ2) is 6.99. The van der Waals surface area contributed by atoms with Crippen molar-refractivity contribution in [1.82, 2.24) is 10.3 Å². The molecule has 1 aromatic carbocycles. The van der Waals surface area contributed by atoms with Gasteiger partial charge in [0.15, 0.2) is 0 Å². The van der Waals surface area contributed by atoms with Crippen molar-refractivity contribution in [3.8, 4) is 5.75 Å². The average Bonchev–Trinajstić information content (AvgIpc) is 2.42. The maximum Gasteiger partial charge on any atom is 0.119 e. The van der Waals surface area contributed by atoms with Gasteiger partial charge in [0.25, 0.3) is 0 Å². The molecule has 0 spiro atoms. The molecule has 1 N–H and O–H groups in total. The average molecular weight is 263 g/mol. The second-order valence-corrected chi connectivity index (χ2v) is 4.21. The molecule has 0 saturated heterocycles. The van der Waals surface area contributed by atoms with E-state index in [-0.39, 0.29) is 0 Å². The molecule has 3 nitrogen and oxygen atoms in total. The predicted octanol–water partition coefficient (Wildman–Crippen LogP) is 2.90. The standard InChI is InChI=1S/C14H15ClN2O/c15-14-11-16-7-6-12(14)10-17-8-9-18-13-4-2-1-3-5-13/h1-7,11,17H,8-10H2. The summed E-state index contributed by atoms with van der Waals surface area (Å²) in [7, 11) is 0. The van der Waals surface area contributed by atoms with Crippen LogP contribution in [0.1, 0.15) is 5.56 Å². The van der Waals surface area contributed by atoms with E-state index in [1.807, 2.05) is 36.4 Å². The molecule has 0 bridgehead atoms. The molecule has 18 heavy (non-hydrogen) atoms. The minimum atomic E-state index is 0.632. The van der Waals surface area contributed by atoms with E-state index in [0.29, 0.717) is 11.6 Å². The van der Waals surface area contributed by atoms with Gasteiger partial charge in [0.2, 0.25) is 0 Å². The van der Waals surface area contributed by atoms with Crippen LogP contribution in [0, 0.1) is 0 Å². The molecule has 0 fully saturated rings. The van der Waals surface area contributed by atoms with Crippen LogP contribution in [0.3, 0.4) is 0 Å². The zero-order chi connectivity index (χ0) is 12.6. The zero-order valence-electron chi connectivity index (χ0n) is 9.97. The number of nitrogens with zero attached hydrogens (tertiary/aromatic N) is 1. The first kappa shape index (κ1) is 12.9. The lowest BCUT2D eigenvalue weighted by atomic mass is 10.3. The van der Waals surface area contributed by atoms with Gasteiger partial charge in [-0.2, -0.15) is 0 Å². The fourth-order valence-corrected chi connectivity index (χ4v) is 1.71. The SMILES string of the molecule is Clc1cnccc1CNCCOc1ccccc1. The van der Waals surface area contributed by atoms with Crippen LogP contribution in [0.2, 0.25) is 5.02 Å². The molecule has 0 amide bonds. The highest BCUT2D eigenvalue weighted by Gasteiger charge is 1.98. The zero-order valence-corrected chi connectivity index (χ0v) is 10.7. The Morgan fingerprint density at radius 2 is 2.00 bits per heavy atom. The molecule has 0 saturated carbocycles. The molecule has 4 heteroatoms. The summed E-state index contributed by atoms with van der Waals surface area (Å²) in [6.07, 6.45) is 3.39. The molecular weight excluding hydrogens is 248 g/mol. The highest BCUT2D eigenvalue weighted by atomic mass is 35.5. The highest BCUT2D eigenvalue weighted by Crippen LogP contribution is 2.12. The number of benzene rings is 1. The van der Waals surface area contributed by atoms with Crippen molar-refractivity contribution in [3.05, 3.63) is 59.4 Å². The van der Waals surface area contributed by atoms with Gasteiger partial charge in [-0.3, -0.25) is 4.98 Å². The Kier molecular flexibility index (Phi) is 5.00. The topological polar surface area (TPSA) is 34.2 Å². The number of rotatable bonds is 6. The molecule has 1 heterocycles. The summed E-state index contributed by atoms with van der Waals surface area (Å²) in [5, 5.41) is 3.96. The molecular formula is C14H15ClN2O. The van der Waals surface area contributed by atoms with Crippen molar-refractivity contribution in [2.24, 2.45) is 0 Å². The van der Waals surface area contributed by atoms with Gasteiger partial charge in [-0.05, 0) is 23.8 Å². The van der Waals surface area contributed by atoms with Gasteiger partial charge in [0.1, 0.15) is 12.4 Å². The van der Waals surface area contributed by atoms with E-state index >= 15 is 0 Å². The summed E-state index contributed by atoms with van der Waals surface area (Å²) >= 11 is 6.00. The third kappa shape index (κ3) is 4.02. The Bertz CT molecular complexity index is 476. The van der Waals surface area contributed by atoms with Crippen molar-refractivity contribution in [1.29, 1.82) is 0 Å². The van der Waals surface area contributed by atoms with E-state index in [0.717, 1.165) is 24.4 Å². The number of para-hydroxylation sites is 1. The van der Waals surface area contributed by atoms with Crippen LogP contribution in [0.5, 0.6) is 5.75 Å². The number of hydrogen-bond acceptors (Lipinski definition) is 3. The van der Waals surface area contributed by atoms with Gasteiger partial charge in [-0.1, -0.05) is 29.8 Å².